The monoisotopic (exact) mass is 139 g/mol. The maximum atomic E-state index is 5.77. The molecule has 1 fully saturated rings. The van der Waals surface area contributed by atoms with Crippen LogP contribution in [0.25, 0.3) is 0 Å². The zero-order chi connectivity index (χ0) is 6.97. The molecule has 0 aliphatic heterocycles. The second-order valence-electron chi connectivity index (χ2n) is 2.65. The lowest BCUT2D eigenvalue weighted by Crippen LogP contribution is -2.14. The minimum absolute atomic E-state index is 0.0231. The van der Waals surface area contributed by atoms with Crippen molar-refractivity contribution in [3.05, 3.63) is 5.82 Å². The van der Waals surface area contributed by atoms with Gasteiger partial charge < -0.3 is 5.73 Å². The first-order chi connectivity index (χ1) is 4.88. The van der Waals surface area contributed by atoms with Gasteiger partial charge in [0.1, 0.15) is 0 Å². The van der Waals surface area contributed by atoms with E-state index in [2.05, 4.69) is 20.6 Å². The van der Waals surface area contributed by atoms with E-state index in [4.69, 9.17) is 5.73 Å². The number of H-pyrrole nitrogens is 1. The summed E-state index contributed by atoms with van der Waals surface area (Å²) in [6.07, 6.45) is 2.42. The van der Waals surface area contributed by atoms with E-state index in [9.17, 15) is 0 Å². The summed E-state index contributed by atoms with van der Waals surface area (Å²) in [5.41, 5.74) is 5.77. The number of aromatic nitrogens is 4. The van der Waals surface area contributed by atoms with Gasteiger partial charge in [-0.1, -0.05) is 0 Å². The van der Waals surface area contributed by atoms with E-state index in [1.165, 1.54) is 12.8 Å². The van der Waals surface area contributed by atoms with Crippen molar-refractivity contribution in [2.75, 3.05) is 0 Å². The molecule has 2 rings (SSSR count). The van der Waals surface area contributed by atoms with Crippen molar-refractivity contribution in [1.29, 1.82) is 0 Å². The van der Waals surface area contributed by atoms with Gasteiger partial charge in [0.05, 0.1) is 6.04 Å². The molecule has 1 aromatic rings. The molecule has 10 heavy (non-hydrogen) atoms. The third-order valence-electron chi connectivity index (χ3n) is 1.81. The summed E-state index contributed by atoms with van der Waals surface area (Å²) >= 11 is 0. The molecule has 5 nitrogen and oxygen atoms in total. The summed E-state index contributed by atoms with van der Waals surface area (Å²) in [6.45, 7) is 0. The lowest BCUT2D eigenvalue weighted by molar-refractivity contribution is 0.594. The topological polar surface area (TPSA) is 80.5 Å². The molecule has 1 aliphatic carbocycles. The van der Waals surface area contributed by atoms with E-state index in [0.717, 1.165) is 0 Å². The number of nitrogens with two attached hydrogens (primary N) is 1. The molecule has 0 saturated heterocycles. The fourth-order valence-corrected chi connectivity index (χ4v) is 0.986. The smallest absolute Gasteiger partial charge is 0.165 e. The van der Waals surface area contributed by atoms with Crippen LogP contribution in [0, 0.1) is 5.92 Å². The minimum atomic E-state index is 0.0231. The van der Waals surface area contributed by atoms with Gasteiger partial charge in [-0.15, -0.1) is 5.10 Å². The lowest BCUT2D eigenvalue weighted by Gasteiger charge is -2.02. The predicted molar refractivity (Wildman–Crippen MR) is 33.8 cm³/mol. The standard InChI is InChI=1S/C5H9N5/c6-4(3-1-2-3)5-7-9-10-8-5/h3-4H,1-2,6H2,(H,7,8,9,10). The maximum absolute atomic E-state index is 5.77. The van der Waals surface area contributed by atoms with Crippen LogP contribution >= 0.6 is 0 Å². The quantitative estimate of drug-likeness (QED) is 0.584. The molecule has 0 aromatic carbocycles. The number of tetrazole rings is 1. The molecule has 1 aromatic heterocycles. The van der Waals surface area contributed by atoms with Crippen molar-refractivity contribution in [2.45, 2.75) is 18.9 Å². The summed E-state index contributed by atoms with van der Waals surface area (Å²) in [7, 11) is 0. The SMILES string of the molecule is NC(c1nnn[nH]1)C1CC1. The number of nitrogens with one attached hydrogen (secondary N) is 1. The number of hydrogen-bond donors (Lipinski definition) is 2. The molecular weight excluding hydrogens is 130 g/mol. The molecule has 5 heteroatoms. The second-order valence-corrected chi connectivity index (χ2v) is 2.65. The van der Waals surface area contributed by atoms with Crippen molar-refractivity contribution in [2.24, 2.45) is 11.7 Å². The van der Waals surface area contributed by atoms with Crippen molar-refractivity contribution >= 4 is 0 Å². The summed E-state index contributed by atoms with van der Waals surface area (Å²) in [5.74, 6) is 1.32. The average Bonchev–Trinajstić information content (AvgIpc) is 2.65. The maximum Gasteiger partial charge on any atom is 0.165 e. The van der Waals surface area contributed by atoms with Crippen LogP contribution in [0.4, 0.5) is 0 Å². The summed E-state index contributed by atoms with van der Waals surface area (Å²) in [6, 6.07) is 0.0231. The van der Waals surface area contributed by atoms with Crippen LogP contribution in [0.15, 0.2) is 0 Å². The third kappa shape index (κ3) is 0.881. The van der Waals surface area contributed by atoms with Crippen molar-refractivity contribution < 1.29 is 0 Å². The Hall–Kier alpha value is -0.970. The van der Waals surface area contributed by atoms with Crippen LogP contribution in [0.5, 0.6) is 0 Å². The Bertz CT molecular complexity index is 202. The zero-order valence-corrected chi connectivity index (χ0v) is 5.49. The highest BCUT2D eigenvalue weighted by molar-refractivity contribution is 4.96. The molecule has 1 aliphatic rings. The first-order valence-corrected chi connectivity index (χ1v) is 3.37. The largest absolute Gasteiger partial charge is 0.321 e. The van der Waals surface area contributed by atoms with E-state index in [1.807, 2.05) is 0 Å². The van der Waals surface area contributed by atoms with Gasteiger partial charge >= 0.3 is 0 Å². The predicted octanol–water partition coefficient (Wildman–Crippen LogP) is -0.391. The van der Waals surface area contributed by atoms with Crippen LogP contribution in [0.1, 0.15) is 24.7 Å². The van der Waals surface area contributed by atoms with Crippen molar-refractivity contribution in [3.8, 4) is 0 Å². The van der Waals surface area contributed by atoms with Gasteiger partial charge in [0.2, 0.25) is 0 Å². The first kappa shape index (κ1) is 5.79. The molecule has 3 N–H and O–H groups in total. The first-order valence-electron chi connectivity index (χ1n) is 3.37. The van der Waals surface area contributed by atoms with Gasteiger partial charge in [0.25, 0.3) is 0 Å². The van der Waals surface area contributed by atoms with E-state index >= 15 is 0 Å². The third-order valence-corrected chi connectivity index (χ3v) is 1.81. The Balaban J connectivity index is 2.11. The fraction of sp³-hybridized carbons (Fsp3) is 0.800. The van der Waals surface area contributed by atoms with E-state index < -0.39 is 0 Å². The van der Waals surface area contributed by atoms with Crippen LogP contribution in [0.2, 0.25) is 0 Å². The number of rotatable bonds is 2. The Morgan fingerprint density at radius 3 is 2.90 bits per heavy atom. The van der Waals surface area contributed by atoms with Gasteiger partial charge in [0.15, 0.2) is 5.82 Å². The fourth-order valence-electron chi connectivity index (χ4n) is 0.986. The van der Waals surface area contributed by atoms with Gasteiger partial charge in [-0.2, -0.15) is 0 Å². The molecular formula is C5H9N5. The Morgan fingerprint density at radius 1 is 1.60 bits per heavy atom. The van der Waals surface area contributed by atoms with E-state index in [1.54, 1.807) is 0 Å². The zero-order valence-electron chi connectivity index (χ0n) is 5.49. The number of hydrogen-bond acceptors (Lipinski definition) is 4. The summed E-state index contributed by atoms with van der Waals surface area (Å²) in [4.78, 5) is 0. The molecule has 0 amide bonds. The molecule has 0 spiro atoms. The van der Waals surface area contributed by atoms with Gasteiger partial charge in [-0.3, -0.25) is 0 Å². The van der Waals surface area contributed by atoms with Gasteiger partial charge in [-0.05, 0) is 29.2 Å². The molecule has 0 radical (unpaired) electrons. The number of aromatic amines is 1. The van der Waals surface area contributed by atoms with E-state index in [0.29, 0.717) is 11.7 Å². The highest BCUT2D eigenvalue weighted by atomic mass is 15.5. The normalized spacial score (nSPS) is 20.9. The van der Waals surface area contributed by atoms with Crippen LogP contribution < -0.4 is 5.73 Å². The van der Waals surface area contributed by atoms with Gasteiger partial charge in [0, 0.05) is 0 Å². The molecule has 1 heterocycles. The molecule has 0 bridgehead atoms. The average molecular weight is 139 g/mol. The van der Waals surface area contributed by atoms with Crippen LogP contribution in [-0.4, -0.2) is 20.6 Å². The second kappa shape index (κ2) is 2.02. The Kier molecular flexibility index (Phi) is 1.17. The molecule has 54 valence electrons. The minimum Gasteiger partial charge on any atom is -0.321 e. The Morgan fingerprint density at radius 2 is 2.40 bits per heavy atom. The summed E-state index contributed by atoms with van der Waals surface area (Å²) < 4.78 is 0. The highest BCUT2D eigenvalue weighted by Crippen LogP contribution is 2.37. The van der Waals surface area contributed by atoms with Crippen LogP contribution in [0.3, 0.4) is 0 Å². The Labute approximate surface area is 58.0 Å². The molecule has 1 saturated carbocycles. The molecule has 1 atom stereocenters. The van der Waals surface area contributed by atoms with Crippen molar-refractivity contribution in [3.63, 3.8) is 0 Å². The van der Waals surface area contributed by atoms with Crippen LogP contribution in [-0.2, 0) is 0 Å². The van der Waals surface area contributed by atoms with E-state index in [-0.39, 0.29) is 6.04 Å². The summed E-state index contributed by atoms with van der Waals surface area (Å²) in [5, 5.41) is 13.3. The molecule has 1 unspecified atom stereocenters. The number of nitrogens with zero attached hydrogens (tertiary/aromatic N) is 3. The van der Waals surface area contributed by atoms with Gasteiger partial charge in [-0.25, -0.2) is 5.10 Å². The highest BCUT2D eigenvalue weighted by Gasteiger charge is 2.31. The lowest BCUT2D eigenvalue weighted by atomic mass is 10.2. The van der Waals surface area contributed by atoms with Crippen molar-refractivity contribution in [1.82, 2.24) is 20.6 Å².